The number of nitrogens with zero attached hydrogens (tertiary/aromatic N) is 2. The zero-order valence-corrected chi connectivity index (χ0v) is 19.5. The Morgan fingerprint density at radius 3 is 2.85 bits per heavy atom. The maximum Gasteiger partial charge on any atom is 0.294 e. The molecule has 8 nitrogen and oxygen atoms in total. The van der Waals surface area contributed by atoms with Crippen molar-refractivity contribution in [1.82, 2.24) is 19.9 Å². The second kappa shape index (κ2) is 7.82. The fraction of sp³-hybridized carbons (Fsp3) is 0. The Kier molecular flexibility index (Phi) is 4.75. The largest absolute Gasteiger partial charge is 0.449 e. The molecule has 34 heavy (non-hydrogen) atoms. The Hall–Kier alpha value is -3.95. The molecule has 0 fully saturated rings. The number of anilines is 1. The number of benzene rings is 2. The molecule has 0 spiro atoms. The minimum absolute atomic E-state index is 0.143. The molecule has 0 bridgehead atoms. The molecule has 0 atom stereocenters. The van der Waals surface area contributed by atoms with Gasteiger partial charge in [0.25, 0.3) is 11.5 Å². The fourth-order valence-corrected chi connectivity index (χ4v) is 4.44. The van der Waals surface area contributed by atoms with Crippen molar-refractivity contribution in [3.63, 3.8) is 0 Å². The van der Waals surface area contributed by atoms with Gasteiger partial charge in [0, 0.05) is 38.9 Å². The number of aromatic nitrogens is 4. The summed E-state index contributed by atoms with van der Waals surface area (Å²) in [5.74, 6) is -0.0204. The van der Waals surface area contributed by atoms with Crippen LogP contribution in [0.15, 0.2) is 74.6 Å². The first-order valence-corrected chi connectivity index (χ1v) is 11.3. The van der Waals surface area contributed by atoms with Crippen molar-refractivity contribution in [2.75, 3.05) is 5.32 Å². The van der Waals surface area contributed by atoms with Crippen molar-refractivity contribution in [3.05, 3.63) is 86.3 Å². The van der Waals surface area contributed by atoms with Gasteiger partial charge in [-0.2, -0.15) is 0 Å². The van der Waals surface area contributed by atoms with E-state index in [2.05, 4.69) is 41.2 Å². The van der Waals surface area contributed by atoms with Crippen molar-refractivity contribution in [3.8, 4) is 11.4 Å². The number of carbonyl (C=O) groups is 1. The number of carbonyl (C=O) groups excluding carboxylic acids is 1. The first-order valence-electron chi connectivity index (χ1n) is 10.1. The van der Waals surface area contributed by atoms with Gasteiger partial charge in [0.15, 0.2) is 0 Å². The number of fused-ring (bicyclic) bond motifs is 4. The third-order valence-corrected chi connectivity index (χ3v) is 6.24. The van der Waals surface area contributed by atoms with Gasteiger partial charge in [0.2, 0.25) is 5.58 Å². The van der Waals surface area contributed by atoms with Gasteiger partial charge in [-0.25, -0.2) is 9.97 Å². The lowest BCUT2D eigenvalue weighted by molar-refractivity contribution is 0.102. The minimum atomic E-state index is -0.409. The highest BCUT2D eigenvalue weighted by molar-refractivity contribution is 9.10. The lowest BCUT2D eigenvalue weighted by Gasteiger charge is -2.09. The summed E-state index contributed by atoms with van der Waals surface area (Å²) in [6, 6.07) is 14.0. The van der Waals surface area contributed by atoms with E-state index in [9.17, 15) is 9.59 Å². The third-order valence-electron chi connectivity index (χ3n) is 5.43. The van der Waals surface area contributed by atoms with E-state index in [0.29, 0.717) is 49.8 Å². The smallest absolute Gasteiger partial charge is 0.294 e. The summed E-state index contributed by atoms with van der Waals surface area (Å²) in [7, 11) is 0. The molecule has 0 unspecified atom stereocenters. The summed E-state index contributed by atoms with van der Waals surface area (Å²) in [4.78, 5) is 39.9. The van der Waals surface area contributed by atoms with Crippen LogP contribution in [0.2, 0.25) is 5.02 Å². The fourth-order valence-electron chi connectivity index (χ4n) is 3.81. The zero-order chi connectivity index (χ0) is 23.4. The highest BCUT2D eigenvalue weighted by Crippen LogP contribution is 2.32. The van der Waals surface area contributed by atoms with Crippen LogP contribution in [-0.4, -0.2) is 25.8 Å². The van der Waals surface area contributed by atoms with E-state index >= 15 is 0 Å². The van der Waals surface area contributed by atoms with Crippen LogP contribution in [0.25, 0.3) is 44.5 Å². The van der Waals surface area contributed by atoms with E-state index in [0.717, 1.165) is 9.86 Å². The van der Waals surface area contributed by atoms with Gasteiger partial charge >= 0.3 is 0 Å². The molecule has 3 N–H and O–H groups in total. The number of pyridine rings is 1. The van der Waals surface area contributed by atoms with E-state index in [1.54, 1.807) is 36.5 Å². The van der Waals surface area contributed by atoms with Gasteiger partial charge in [-0.15, -0.1) is 0 Å². The van der Waals surface area contributed by atoms with E-state index in [1.165, 1.54) is 6.20 Å². The molecule has 0 radical (unpaired) electrons. The predicted molar refractivity (Wildman–Crippen MR) is 134 cm³/mol. The SMILES string of the molecule is O=C(Nc1ccc(-c2nc3c(oc4ccc(Br)cc43)c(=O)[nH]2)c(Cl)c1)c1cnc2[nH]ccc2c1. The lowest BCUT2D eigenvalue weighted by Crippen LogP contribution is -2.12. The van der Waals surface area contributed by atoms with E-state index in [4.69, 9.17) is 16.0 Å². The number of hydrogen-bond acceptors (Lipinski definition) is 5. The molecule has 10 heteroatoms. The number of aromatic amines is 2. The summed E-state index contributed by atoms with van der Waals surface area (Å²) >= 11 is 9.95. The first kappa shape index (κ1) is 20.6. The maximum absolute atomic E-state index is 12.7. The average molecular weight is 535 g/mol. The number of nitrogens with one attached hydrogen (secondary N) is 3. The molecule has 0 aliphatic rings. The van der Waals surface area contributed by atoms with Crippen LogP contribution in [0.3, 0.4) is 0 Å². The Morgan fingerprint density at radius 2 is 2.00 bits per heavy atom. The van der Waals surface area contributed by atoms with Crippen LogP contribution in [0.4, 0.5) is 5.69 Å². The molecular formula is C24H13BrClN5O3. The number of rotatable bonds is 3. The number of halogens is 2. The molecule has 4 heterocycles. The zero-order valence-electron chi connectivity index (χ0n) is 17.1. The summed E-state index contributed by atoms with van der Waals surface area (Å²) in [5.41, 5.74) is 2.87. The van der Waals surface area contributed by atoms with Crippen LogP contribution in [-0.2, 0) is 0 Å². The van der Waals surface area contributed by atoms with Crippen LogP contribution >= 0.6 is 27.5 Å². The van der Waals surface area contributed by atoms with Crippen molar-refractivity contribution < 1.29 is 9.21 Å². The highest BCUT2D eigenvalue weighted by atomic mass is 79.9. The standard InChI is InChI=1S/C24H13BrClN5O3/c25-13-1-4-18-16(8-13)19-20(34-18)24(33)31-22(30-19)15-3-2-14(9-17(15)26)29-23(32)12-7-11-5-6-27-21(11)28-10-12/h1-10H,(H,27,28)(H,29,32)(H,30,31,33). The molecule has 0 aliphatic heterocycles. The van der Waals surface area contributed by atoms with Crippen LogP contribution < -0.4 is 10.9 Å². The first-order chi connectivity index (χ1) is 16.5. The van der Waals surface area contributed by atoms with Crippen molar-refractivity contribution in [2.24, 2.45) is 0 Å². The molecule has 0 aliphatic carbocycles. The Balaban J connectivity index is 1.35. The Morgan fingerprint density at radius 1 is 1.12 bits per heavy atom. The summed E-state index contributed by atoms with van der Waals surface area (Å²) in [6.45, 7) is 0. The molecular weight excluding hydrogens is 522 g/mol. The van der Waals surface area contributed by atoms with Crippen LogP contribution in [0.5, 0.6) is 0 Å². The Labute approximate surface area is 204 Å². The third kappa shape index (κ3) is 3.46. The van der Waals surface area contributed by atoms with E-state index in [1.807, 2.05) is 18.2 Å². The molecule has 0 saturated heterocycles. The van der Waals surface area contributed by atoms with Gasteiger partial charge in [-0.3, -0.25) is 9.59 Å². The molecule has 0 saturated carbocycles. The van der Waals surface area contributed by atoms with Crippen LogP contribution in [0, 0.1) is 0 Å². The van der Waals surface area contributed by atoms with Crippen molar-refractivity contribution in [1.29, 1.82) is 0 Å². The normalized spacial score (nSPS) is 11.5. The van der Waals surface area contributed by atoms with Gasteiger partial charge in [0.1, 0.15) is 22.6 Å². The van der Waals surface area contributed by atoms with Gasteiger partial charge in [0.05, 0.1) is 10.6 Å². The van der Waals surface area contributed by atoms with E-state index < -0.39 is 5.56 Å². The predicted octanol–water partition coefficient (Wildman–Crippen LogP) is 5.88. The highest BCUT2D eigenvalue weighted by Gasteiger charge is 2.17. The second-order valence-electron chi connectivity index (χ2n) is 7.62. The molecule has 6 aromatic rings. The summed E-state index contributed by atoms with van der Waals surface area (Å²) < 4.78 is 6.51. The molecule has 2 aromatic carbocycles. The number of H-pyrrole nitrogens is 2. The lowest BCUT2D eigenvalue weighted by atomic mass is 10.1. The second-order valence-corrected chi connectivity index (χ2v) is 8.95. The quantitative estimate of drug-likeness (QED) is 0.262. The molecule has 6 rings (SSSR count). The van der Waals surface area contributed by atoms with Gasteiger partial charge < -0.3 is 19.7 Å². The monoisotopic (exact) mass is 533 g/mol. The number of furan rings is 1. The van der Waals surface area contributed by atoms with Crippen LogP contribution in [0.1, 0.15) is 10.4 Å². The maximum atomic E-state index is 12.7. The molecule has 1 amide bonds. The molecule has 166 valence electrons. The van der Waals surface area contributed by atoms with Gasteiger partial charge in [-0.1, -0.05) is 27.5 Å². The Bertz CT molecular complexity index is 1820. The minimum Gasteiger partial charge on any atom is -0.449 e. The van der Waals surface area contributed by atoms with Gasteiger partial charge in [-0.05, 0) is 48.5 Å². The number of hydrogen-bond donors (Lipinski definition) is 3. The molecule has 4 aromatic heterocycles. The topological polar surface area (TPSA) is 117 Å². The number of amides is 1. The average Bonchev–Trinajstić information content (AvgIpc) is 3.43. The van der Waals surface area contributed by atoms with Crippen molar-refractivity contribution >= 4 is 72.2 Å². The summed E-state index contributed by atoms with van der Waals surface area (Å²) in [6.07, 6.45) is 3.26. The summed E-state index contributed by atoms with van der Waals surface area (Å²) in [5, 5.41) is 4.68. The van der Waals surface area contributed by atoms with E-state index in [-0.39, 0.29) is 11.5 Å². The van der Waals surface area contributed by atoms with Crippen molar-refractivity contribution in [2.45, 2.75) is 0 Å².